The summed E-state index contributed by atoms with van der Waals surface area (Å²) in [6.07, 6.45) is 4.60. The average molecular weight is 152 g/mol. The van der Waals surface area contributed by atoms with Gasteiger partial charge in [-0.25, -0.2) is 0 Å². The minimum atomic E-state index is -0.419. The average Bonchev–Trinajstić information content (AvgIpc) is 2.03. The summed E-state index contributed by atoms with van der Waals surface area (Å²) in [5.41, 5.74) is 4.22. The van der Waals surface area contributed by atoms with Crippen LogP contribution in [-0.4, -0.2) is 11.2 Å². The molecule has 1 unspecified atom stereocenters. The molecule has 0 aliphatic carbocycles. The van der Waals surface area contributed by atoms with Gasteiger partial charge in [-0.05, 0) is 25.0 Å². The maximum Gasteiger partial charge on any atom is 0.0761 e. The molecule has 62 valence electrons. The van der Waals surface area contributed by atoms with Gasteiger partial charge in [-0.2, -0.15) is 0 Å². The van der Waals surface area contributed by atoms with Gasteiger partial charge in [-0.3, -0.25) is 0 Å². The Kier molecular flexibility index (Phi) is 5.54. The van der Waals surface area contributed by atoms with E-state index in [4.69, 9.17) is 0 Å². The Morgan fingerprint density at radius 2 is 2.36 bits per heavy atom. The summed E-state index contributed by atoms with van der Waals surface area (Å²) in [5.74, 6) is 0. The highest BCUT2D eigenvalue weighted by atomic mass is 16.3. The van der Waals surface area contributed by atoms with Gasteiger partial charge in [0.2, 0.25) is 0 Å². The topological polar surface area (TPSA) is 20.2 Å². The third-order valence-electron chi connectivity index (χ3n) is 1.50. The van der Waals surface area contributed by atoms with Crippen LogP contribution in [0.3, 0.4) is 0 Å². The minimum Gasteiger partial charge on any atom is -0.389 e. The van der Waals surface area contributed by atoms with Crippen LogP contribution in [0.15, 0.2) is 30.0 Å². The van der Waals surface area contributed by atoms with E-state index in [1.54, 1.807) is 6.08 Å². The first kappa shape index (κ1) is 10.2. The maximum atomic E-state index is 9.19. The second-order valence-corrected chi connectivity index (χ2v) is 2.40. The Morgan fingerprint density at radius 1 is 1.73 bits per heavy atom. The molecule has 11 heavy (non-hydrogen) atoms. The van der Waals surface area contributed by atoms with Crippen molar-refractivity contribution in [2.24, 2.45) is 0 Å². The zero-order chi connectivity index (χ0) is 8.69. The summed E-state index contributed by atoms with van der Waals surface area (Å²) in [5, 5.41) is 9.19. The molecule has 1 nitrogen and oxygen atoms in total. The summed E-state index contributed by atoms with van der Waals surface area (Å²) in [6, 6.07) is 0. The Bertz CT molecular complexity index is 173. The Morgan fingerprint density at radius 3 is 2.73 bits per heavy atom. The van der Waals surface area contributed by atoms with Crippen molar-refractivity contribution >= 4 is 0 Å². The molecule has 1 N–H and O–H groups in total. The molecule has 1 atom stereocenters. The lowest BCUT2D eigenvalue weighted by molar-refractivity contribution is 0.223. The molecular weight excluding hydrogens is 136 g/mol. The molecule has 0 heterocycles. The summed E-state index contributed by atoms with van der Waals surface area (Å²) >= 11 is 0. The standard InChI is InChI=1S/C10H16O/c1-4-7-9(5-2)8-10(11)6-3/h4,6,10-11H,3,5,8H2,1-2H3. The predicted octanol–water partition coefficient (Wildman–Crippen LogP) is 2.43. The number of hydrogen-bond acceptors (Lipinski definition) is 1. The summed E-state index contributed by atoms with van der Waals surface area (Å²) in [7, 11) is 0. The summed E-state index contributed by atoms with van der Waals surface area (Å²) in [4.78, 5) is 0. The van der Waals surface area contributed by atoms with E-state index in [1.807, 2.05) is 13.0 Å². The molecule has 0 saturated heterocycles. The first-order valence-corrected chi connectivity index (χ1v) is 3.94. The zero-order valence-electron chi connectivity index (χ0n) is 7.30. The van der Waals surface area contributed by atoms with Crippen LogP contribution < -0.4 is 0 Å². The zero-order valence-corrected chi connectivity index (χ0v) is 7.30. The molecule has 0 spiro atoms. The summed E-state index contributed by atoms with van der Waals surface area (Å²) < 4.78 is 0. The molecule has 0 amide bonds. The predicted molar refractivity (Wildman–Crippen MR) is 48.4 cm³/mol. The molecule has 0 rings (SSSR count). The Balaban J connectivity index is 4.09. The van der Waals surface area contributed by atoms with Gasteiger partial charge in [-0.15, -0.1) is 12.3 Å². The van der Waals surface area contributed by atoms with Crippen molar-refractivity contribution in [2.45, 2.75) is 32.8 Å². The van der Waals surface area contributed by atoms with Crippen LogP contribution >= 0.6 is 0 Å². The van der Waals surface area contributed by atoms with Crippen LogP contribution in [-0.2, 0) is 0 Å². The van der Waals surface area contributed by atoms with Gasteiger partial charge in [0.1, 0.15) is 0 Å². The van der Waals surface area contributed by atoms with E-state index < -0.39 is 6.10 Å². The lowest BCUT2D eigenvalue weighted by atomic mass is 10.1. The third kappa shape index (κ3) is 4.60. The maximum absolute atomic E-state index is 9.19. The Hall–Kier alpha value is -0.780. The minimum absolute atomic E-state index is 0.419. The summed E-state index contributed by atoms with van der Waals surface area (Å²) in [6.45, 7) is 7.49. The van der Waals surface area contributed by atoms with E-state index in [9.17, 15) is 5.11 Å². The van der Waals surface area contributed by atoms with Crippen molar-refractivity contribution in [3.05, 3.63) is 30.0 Å². The van der Waals surface area contributed by atoms with Gasteiger partial charge in [0.05, 0.1) is 6.10 Å². The second kappa shape index (κ2) is 5.96. The fraction of sp³-hybridized carbons (Fsp3) is 0.500. The number of rotatable bonds is 4. The van der Waals surface area contributed by atoms with E-state index in [0.29, 0.717) is 6.42 Å². The number of aliphatic hydroxyl groups excluding tert-OH is 1. The highest BCUT2D eigenvalue weighted by Gasteiger charge is 1.99. The van der Waals surface area contributed by atoms with Crippen LogP contribution in [0.25, 0.3) is 0 Å². The molecule has 0 saturated carbocycles. The molecule has 0 bridgehead atoms. The van der Waals surface area contributed by atoms with Gasteiger partial charge in [0.15, 0.2) is 0 Å². The number of hydrogen-bond donors (Lipinski definition) is 1. The van der Waals surface area contributed by atoms with E-state index in [-0.39, 0.29) is 0 Å². The Labute approximate surface area is 68.7 Å². The van der Waals surface area contributed by atoms with Crippen LogP contribution in [0.4, 0.5) is 0 Å². The highest BCUT2D eigenvalue weighted by Crippen LogP contribution is 2.08. The molecule has 0 aromatic carbocycles. The molecule has 1 heteroatoms. The van der Waals surface area contributed by atoms with Gasteiger partial charge in [0.25, 0.3) is 0 Å². The van der Waals surface area contributed by atoms with Crippen molar-refractivity contribution in [3.63, 3.8) is 0 Å². The smallest absolute Gasteiger partial charge is 0.0761 e. The SMILES string of the molecule is C=CC(O)CC(=C=CC)CC. The molecular formula is C10H16O. The van der Waals surface area contributed by atoms with Gasteiger partial charge < -0.3 is 5.11 Å². The fourth-order valence-corrected chi connectivity index (χ4v) is 0.845. The molecule has 0 aromatic heterocycles. The van der Waals surface area contributed by atoms with Crippen molar-refractivity contribution in [1.82, 2.24) is 0 Å². The van der Waals surface area contributed by atoms with Crippen LogP contribution in [0.1, 0.15) is 26.7 Å². The first-order chi connectivity index (χ1) is 5.24. The third-order valence-corrected chi connectivity index (χ3v) is 1.50. The van der Waals surface area contributed by atoms with Gasteiger partial charge >= 0.3 is 0 Å². The highest BCUT2D eigenvalue weighted by molar-refractivity contribution is 5.04. The van der Waals surface area contributed by atoms with Crippen LogP contribution in [0.2, 0.25) is 0 Å². The van der Waals surface area contributed by atoms with Gasteiger partial charge in [-0.1, -0.05) is 13.0 Å². The van der Waals surface area contributed by atoms with Crippen molar-refractivity contribution < 1.29 is 5.11 Å². The van der Waals surface area contributed by atoms with Gasteiger partial charge in [0, 0.05) is 6.42 Å². The molecule has 0 aromatic rings. The van der Waals surface area contributed by atoms with Crippen LogP contribution in [0, 0.1) is 0 Å². The molecule has 0 fully saturated rings. The molecule has 0 aliphatic rings. The van der Waals surface area contributed by atoms with E-state index in [1.165, 1.54) is 0 Å². The lowest BCUT2D eigenvalue weighted by Gasteiger charge is -2.04. The van der Waals surface area contributed by atoms with Crippen molar-refractivity contribution in [2.75, 3.05) is 0 Å². The largest absolute Gasteiger partial charge is 0.389 e. The van der Waals surface area contributed by atoms with Crippen LogP contribution in [0.5, 0.6) is 0 Å². The van der Waals surface area contributed by atoms with E-state index in [0.717, 1.165) is 12.0 Å². The monoisotopic (exact) mass is 152 g/mol. The lowest BCUT2D eigenvalue weighted by Crippen LogP contribution is -2.01. The molecule has 0 aliphatic heterocycles. The normalized spacial score (nSPS) is 11.5. The van der Waals surface area contributed by atoms with E-state index >= 15 is 0 Å². The molecule has 0 radical (unpaired) electrons. The number of aliphatic hydroxyl groups is 1. The second-order valence-electron chi connectivity index (χ2n) is 2.40. The van der Waals surface area contributed by atoms with Crippen molar-refractivity contribution in [1.29, 1.82) is 0 Å². The van der Waals surface area contributed by atoms with E-state index in [2.05, 4.69) is 19.2 Å². The fourth-order valence-electron chi connectivity index (χ4n) is 0.845. The van der Waals surface area contributed by atoms with Crippen molar-refractivity contribution in [3.8, 4) is 0 Å². The first-order valence-electron chi connectivity index (χ1n) is 3.94. The quantitative estimate of drug-likeness (QED) is 0.484.